The van der Waals surface area contributed by atoms with Crippen LogP contribution < -0.4 is 10.6 Å². The summed E-state index contributed by atoms with van der Waals surface area (Å²) in [7, 11) is 0. The molecule has 0 radical (unpaired) electrons. The maximum Gasteiger partial charge on any atom is 0.175 e. The molecule has 0 unspecified atom stereocenters. The Hall–Kier alpha value is -3.45. The lowest BCUT2D eigenvalue weighted by Gasteiger charge is -2.12. The molecule has 2 aromatic heterocycles. The Morgan fingerprint density at radius 1 is 0.727 bits per heavy atom. The molecule has 33 heavy (non-hydrogen) atoms. The number of thiocarbonyl (C=S) groups is 1. The molecular formula is C26H30N6S. The van der Waals surface area contributed by atoms with E-state index in [1.54, 1.807) is 0 Å². The van der Waals surface area contributed by atoms with E-state index in [2.05, 4.69) is 67.8 Å². The first-order chi connectivity index (χ1) is 15.8. The molecule has 2 heterocycles. The van der Waals surface area contributed by atoms with Gasteiger partial charge in [0.05, 0.1) is 47.2 Å². The highest BCUT2D eigenvalue weighted by atomic mass is 32.1. The van der Waals surface area contributed by atoms with E-state index in [1.807, 2.05) is 41.4 Å². The van der Waals surface area contributed by atoms with Gasteiger partial charge in [-0.05, 0) is 63.5 Å². The average Bonchev–Trinajstić information content (AvgIpc) is 3.20. The number of nitrogens with zero attached hydrogens (tertiary/aromatic N) is 4. The SMILES string of the molecule is Cc1ccccc1Cn1nc(C)c(NC(=S)Nc2c(C)nn(Cc3ccccc3)c2C)c1C. The lowest BCUT2D eigenvalue weighted by atomic mass is 10.1. The van der Waals surface area contributed by atoms with Crippen molar-refractivity contribution in [1.29, 1.82) is 0 Å². The number of rotatable bonds is 6. The molecule has 0 saturated heterocycles. The summed E-state index contributed by atoms with van der Waals surface area (Å²) in [6.07, 6.45) is 0. The Labute approximate surface area is 200 Å². The Bertz CT molecular complexity index is 1290. The quantitative estimate of drug-likeness (QED) is 0.372. The minimum absolute atomic E-state index is 0.530. The van der Waals surface area contributed by atoms with Crippen LogP contribution in [0.25, 0.3) is 0 Å². The van der Waals surface area contributed by atoms with Crippen molar-refractivity contribution >= 4 is 28.7 Å². The van der Waals surface area contributed by atoms with E-state index >= 15 is 0 Å². The maximum absolute atomic E-state index is 5.66. The monoisotopic (exact) mass is 458 g/mol. The first-order valence-electron chi connectivity index (χ1n) is 11.1. The first-order valence-corrected chi connectivity index (χ1v) is 11.5. The summed E-state index contributed by atoms with van der Waals surface area (Å²) in [4.78, 5) is 0. The Kier molecular flexibility index (Phi) is 6.60. The van der Waals surface area contributed by atoms with Crippen molar-refractivity contribution in [3.8, 4) is 0 Å². The van der Waals surface area contributed by atoms with Crippen molar-refractivity contribution in [2.45, 2.75) is 47.7 Å². The fraction of sp³-hybridized carbons (Fsp3) is 0.269. The number of hydrogen-bond donors (Lipinski definition) is 2. The molecule has 2 N–H and O–H groups in total. The van der Waals surface area contributed by atoms with Crippen LogP contribution in [-0.4, -0.2) is 24.7 Å². The maximum atomic E-state index is 5.66. The predicted octanol–water partition coefficient (Wildman–Crippen LogP) is 5.53. The zero-order valence-corrected chi connectivity index (χ0v) is 20.6. The average molecular weight is 459 g/mol. The number of aromatic nitrogens is 4. The molecule has 2 aromatic carbocycles. The van der Waals surface area contributed by atoms with Gasteiger partial charge in [-0.15, -0.1) is 0 Å². The lowest BCUT2D eigenvalue weighted by molar-refractivity contribution is 0.657. The van der Waals surface area contributed by atoms with Gasteiger partial charge in [0.25, 0.3) is 0 Å². The van der Waals surface area contributed by atoms with E-state index in [0.29, 0.717) is 5.11 Å². The van der Waals surface area contributed by atoms with Gasteiger partial charge in [0.15, 0.2) is 5.11 Å². The van der Waals surface area contributed by atoms with Gasteiger partial charge < -0.3 is 10.6 Å². The van der Waals surface area contributed by atoms with E-state index in [9.17, 15) is 0 Å². The van der Waals surface area contributed by atoms with Gasteiger partial charge in [-0.3, -0.25) is 9.36 Å². The van der Waals surface area contributed by atoms with Crippen LogP contribution >= 0.6 is 12.2 Å². The third kappa shape index (κ3) is 4.98. The number of aryl methyl sites for hydroxylation is 3. The van der Waals surface area contributed by atoms with Crippen molar-refractivity contribution in [3.05, 3.63) is 94.1 Å². The van der Waals surface area contributed by atoms with E-state index in [0.717, 1.165) is 47.2 Å². The molecule has 0 aliphatic carbocycles. The van der Waals surface area contributed by atoms with Crippen molar-refractivity contribution in [2.75, 3.05) is 10.6 Å². The van der Waals surface area contributed by atoms with Crippen LogP contribution in [0.5, 0.6) is 0 Å². The van der Waals surface area contributed by atoms with Crippen molar-refractivity contribution in [3.63, 3.8) is 0 Å². The summed E-state index contributed by atoms with van der Waals surface area (Å²) in [5, 5.41) is 16.7. The second-order valence-electron chi connectivity index (χ2n) is 8.40. The van der Waals surface area contributed by atoms with Gasteiger partial charge in [-0.25, -0.2) is 0 Å². The molecule has 170 valence electrons. The normalized spacial score (nSPS) is 10.9. The molecule has 0 aliphatic heterocycles. The largest absolute Gasteiger partial charge is 0.329 e. The van der Waals surface area contributed by atoms with Crippen molar-refractivity contribution in [1.82, 2.24) is 19.6 Å². The first kappa shape index (κ1) is 22.7. The smallest absolute Gasteiger partial charge is 0.175 e. The predicted molar refractivity (Wildman–Crippen MR) is 139 cm³/mol. The zero-order valence-electron chi connectivity index (χ0n) is 19.8. The third-order valence-electron chi connectivity index (χ3n) is 6.00. The van der Waals surface area contributed by atoms with E-state index in [4.69, 9.17) is 22.4 Å². The van der Waals surface area contributed by atoms with Crippen molar-refractivity contribution in [2.24, 2.45) is 0 Å². The summed E-state index contributed by atoms with van der Waals surface area (Å²) >= 11 is 5.66. The molecule has 0 atom stereocenters. The van der Waals surface area contributed by atoms with Gasteiger partial charge in [0.1, 0.15) is 0 Å². The summed E-state index contributed by atoms with van der Waals surface area (Å²) in [6.45, 7) is 11.7. The number of nitrogens with one attached hydrogen (secondary N) is 2. The second kappa shape index (κ2) is 9.58. The molecule has 0 saturated carbocycles. The second-order valence-corrected chi connectivity index (χ2v) is 8.81. The lowest BCUT2D eigenvalue weighted by Crippen LogP contribution is -2.21. The van der Waals surface area contributed by atoms with Gasteiger partial charge in [-0.2, -0.15) is 10.2 Å². The van der Waals surface area contributed by atoms with Crippen LogP contribution in [0, 0.1) is 34.6 Å². The Balaban J connectivity index is 1.48. The fourth-order valence-corrected chi connectivity index (χ4v) is 4.23. The highest BCUT2D eigenvalue weighted by molar-refractivity contribution is 7.80. The van der Waals surface area contributed by atoms with E-state index in [1.165, 1.54) is 16.7 Å². The molecular weight excluding hydrogens is 428 g/mol. The van der Waals surface area contributed by atoms with Crippen LogP contribution in [0.3, 0.4) is 0 Å². The molecule has 0 spiro atoms. The summed E-state index contributed by atoms with van der Waals surface area (Å²) < 4.78 is 4.03. The summed E-state index contributed by atoms with van der Waals surface area (Å²) in [5.74, 6) is 0. The minimum Gasteiger partial charge on any atom is -0.329 e. The van der Waals surface area contributed by atoms with Crippen LogP contribution in [0.4, 0.5) is 11.4 Å². The molecule has 0 bridgehead atoms. The van der Waals surface area contributed by atoms with Crippen LogP contribution in [0.15, 0.2) is 54.6 Å². The molecule has 4 aromatic rings. The Morgan fingerprint density at radius 3 is 1.82 bits per heavy atom. The molecule has 0 aliphatic rings. The molecule has 4 rings (SSSR count). The minimum atomic E-state index is 0.530. The van der Waals surface area contributed by atoms with Crippen LogP contribution in [-0.2, 0) is 13.1 Å². The highest BCUT2D eigenvalue weighted by Gasteiger charge is 2.16. The molecule has 7 heteroatoms. The summed E-state index contributed by atoms with van der Waals surface area (Å²) in [6, 6.07) is 18.7. The van der Waals surface area contributed by atoms with Gasteiger partial charge in [0, 0.05) is 0 Å². The fourth-order valence-electron chi connectivity index (χ4n) is 4.03. The third-order valence-corrected chi connectivity index (χ3v) is 6.20. The highest BCUT2D eigenvalue weighted by Crippen LogP contribution is 2.24. The molecule has 0 amide bonds. The Morgan fingerprint density at radius 2 is 1.24 bits per heavy atom. The number of benzene rings is 2. The van der Waals surface area contributed by atoms with Gasteiger partial charge in [0.2, 0.25) is 0 Å². The molecule has 0 fully saturated rings. The topological polar surface area (TPSA) is 59.7 Å². The standard InChI is InChI=1S/C26H30N6S/c1-17-11-9-10-14-23(17)16-32-21(5)25(19(3)30-32)28-26(33)27-24-18(2)29-31(20(24)4)15-22-12-7-6-8-13-22/h6-14H,15-16H2,1-5H3,(H2,27,28,33). The van der Waals surface area contributed by atoms with Crippen LogP contribution in [0.2, 0.25) is 0 Å². The van der Waals surface area contributed by atoms with Gasteiger partial charge in [-0.1, -0.05) is 54.6 Å². The van der Waals surface area contributed by atoms with E-state index < -0.39 is 0 Å². The number of anilines is 2. The molecule has 6 nitrogen and oxygen atoms in total. The van der Waals surface area contributed by atoms with Crippen molar-refractivity contribution < 1.29 is 0 Å². The summed E-state index contributed by atoms with van der Waals surface area (Å²) in [5.41, 5.74) is 9.52. The van der Waals surface area contributed by atoms with Crippen LogP contribution in [0.1, 0.15) is 39.5 Å². The zero-order chi connectivity index (χ0) is 23.5. The van der Waals surface area contributed by atoms with E-state index in [-0.39, 0.29) is 0 Å². The van der Waals surface area contributed by atoms with Gasteiger partial charge >= 0.3 is 0 Å². The number of hydrogen-bond acceptors (Lipinski definition) is 3.